The van der Waals surface area contributed by atoms with Gasteiger partial charge in [-0.1, -0.05) is 23.2 Å². The van der Waals surface area contributed by atoms with Crippen molar-refractivity contribution in [2.45, 2.75) is 0 Å². The first-order valence-electron chi connectivity index (χ1n) is 6.82. The molecule has 3 rings (SSSR count). The number of carbonyl (C=O) groups excluding carboxylic acids is 1. The number of imidazole rings is 1. The van der Waals surface area contributed by atoms with Crippen molar-refractivity contribution in [2.75, 3.05) is 19.0 Å². The first kappa shape index (κ1) is 15.6. The Balaban J connectivity index is 2.02. The predicted octanol–water partition coefficient (Wildman–Crippen LogP) is 4.12. The van der Waals surface area contributed by atoms with Gasteiger partial charge in [0.2, 0.25) is 0 Å². The van der Waals surface area contributed by atoms with Crippen LogP contribution >= 0.6 is 23.2 Å². The summed E-state index contributed by atoms with van der Waals surface area (Å²) in [6.45, 7) is 0.0528. The van der Waals surface area contributed by atoms with Gasteiger partial charge in [0.1, 0.15) is 12.4 Å². The van der Waals surface area contributed by atoms with E-state index in [0.717, 1.165) is 22.3 Å². The quantitative estimate of drug-likeness (QED) is 0.695. The highest BCUT2D eigenvalue weighted by molar-refractivity contribution is 6.31. The van der Waals surface area contributed by atoms with Crippen molar-refractivity contribution in [2.24, 2.45) is 0 Å². The molecule has 0 radical (unpaired) electrons. The molecular formula is C16H13Cl2N3O2. The van der Waals surface area contributed by atoms with Crippen LogP contribution in [0.4, 0.5) is 5.69 Å². The molecule has 7 heteroatoms. The number of rotatable bonds is 4. The van der Waals surface area contributed by atoms with Gasteiger partial charge >= 0.3 is 5.97 Å². The number of hydrogen-bond donors (Lipinski definition) is 2. The molecule has 0 atom stereocenters. The maximum atomic E-state index is 11.3. The Kier molecular flexibility index (Phi) is 4.41. The van der Waals surface area contributed by atoms with Gasteiger partial charge in [0, 0.05) is 21.3 Å². The highest BCUT2D eigenvalue weighted by atomic mass is 35.5. The van der Waals surface area contributed by atoms with Gasteiger partial charge in [-0.25, -0.2) is 4.98 Å². The molecule has 5 nitrogen and oxygen atoms in total. The molecule has 0 spiro atoms. The summed E-state index contributed by atoms with van der Waals surface area (Å²) in [4.78, 5) is 19.1. The number of nitrogens with one attached hydrogen (secondary N) is 2. The SMILES string of the molecule is COC(=O)CNc1ccc(Cl)cc1-c1nc2ccc(Cl)cc2[nH]1. The molecule has 2 N–H and O–H groups in total. The Bertz CT molecular complexity index is 877. The van der Waals surface area contributed by atoms with Crippen molar-refractivity contribution in [1.29, 1.82) is 0 Å². The van der Waals surface area contributed by atoms with E-state index >= 15 is 0 Å². The topological polar surface area (TPSA) is 67.0 Å². The van der Waals surface area contributed by atoms with E-state index in [2.05, 4.69) is 20.0 Å². The zero-order chi connectivity index (χ0) is 16.4. The van der Waals surface area contributed by atoms with E-state index < -0.39 is 0 Å². The van der Waals surface area contributed by atoms with Crippen LogP contribution in [-0.4, -0.2) is 29.6 Å². The summed E-state index contributed by atoms with van der Waals surface area (Å²) in [6.07, 6.45) is 0. The third kappa shape index (κ3) is 3.41. The lowest BCUT2D eigenvalue weighted by molar-refractivity contribution is -0.138. The maximum absolute atomic E-state index is 11.3. The standard InChI is InChI=1S/C16H13Cl2N3O2/c1-23-15(22)8-19-12-4-2-9(17)6-11(12)16-20-13-5-3-10(18)7-14(13)21-16/h2-7,19H,8H2,1H3,(H,20,21). The minimum atomic E-state index is -0.359. The summed E-state index contributed by atoms with van der Waals surface area (Å²) >= 11 is 12.1. The number of aromatic amines is 1. The van der Waals surface area contributed by atoms with E-state index in [1.165, 1.54) is 7.11 Å². The fourth-order valence-corrected chi connectivity index (χ4v) is 2.56. The number of methoxy groups -OCH3 is 1. The van der Waals surface area contributed by atoms with Crippen LogP contribution < -0.4 is 5.32 Å². The molecule has 0 amide bonds. The number of anilines is 1. The molecule has 0 aliphatic heterocycles. The minimum Gasteiger partial charge on any atom is -0.468 e. The molecule has 118 valence electrons. The Morgan fingerprint density at radius 3 is 2.74 bits per heavy atom. The highest BCUT2D eigenvalue weighted by Gasteiger charge is 2.12. The van der Waals surface area contributed by atoms with E-state index in [0.29, 0.717) is 15.9 Å². The van der Waals surface area contributed by atoms with Crippen molar-refractivity contribution in [3.05, 3.63) is 46.4 Å². The second-order valence-corrected chi connectivity index (χ2v) is 5.74. The maximum Gasteiger partial charge on any atom is 0.325 e. The summed E-state index contributed by atoms with van der Waals surface area (Å²) < 4.78 is 4.64. The number of aromatic nitrogens is 2. The van der Waals surface area contributed by atoms with Crippen molar-refractivity contribution < 1.29 is 9.53 Å². The summed E-state index contributed by atoms with van der Waals surface area (Å²) in [5, 5.41) is 4.23. The molecule has 0 fully saturated rings. The predicted molar refractivity (Wildman–Crippen MR) is 92.1 cm³/mol. The van der Waals surface area contributed by atoms with Gasteiger partial charge in [0.05, 0.1) is 18.1 Å². The Labute approximate surface area is 142 Å². The largest absolute Gasteiger partial charge is 0.468 e. The number of fused-ring (bicyclic) bond motifs is 1. The van der Waals surface area contributed by atoms with Crippen molar-refractivity contribution in [3.8, 4) is 11.4 Å². The molecule has 0 saturated heterocycles. The third-order valence-corrected chi connectivity index (χ3v) is 3.80. The zero-order valence-electron chi connectivity index (χ0n) is 12.2. The molecule has 1 heterocycles. The molecule has 23 heavy (non-hydrogen) atoms. The van der Waals surface area contributed by atoms with Crippen LogP contribution in [0.2, 0.25) is 10.0 Å². The smallest absolute Gasteiger partial charge is 0.325 e. The van der Waals surface area contributed by atoms with Crippen LogP contribution in [0.15, 0.2) is 36.4 Å². The second-order valence-electron chi connectivity index (χ2n) is 4.87. The molecule has 0 aliphatic rings. The van der Waals surface area contributed by atoms with E-state index in [4.69, 9.17) is 23.2 Å². The molecule has 0 saturated carbocycles. The summed E-state index contributed by atoms with van der Waals surface area (Å²) in [5.74, 6) is 0.277. The lowest BCUT2D eigenvalue weighted by Crippen LogP contribution is -2.15. The fraction of sp³-hybridized carbons (Fsp3) is 0.125. The van der Waals surface area contributed by atoms with Gasteiger partial charge in [0.15, 0.2) is 0 Å². The summed E-state index contributed by atoms with van der Waals surface area (Å²) in [5.41, 5.74) is 3.10. The second kappa shape index (κ2) is 6.48. The first-order valence-corrected chi connectivity index (χ1v) is 7.58. The average Bonchev–Trinajstić information content (AvgIpc) is 2.96. The molecule has 1 aromatic heterocycles. The van der Waals surface area contributed by atoms with Crippen LogP contribution in [0.5, 0.6) is 0 Å². The number of esters is 1. The van der Waals surface area contributed by atoms with E-state index in [9.17, 15) is 4.79 Å². The molecule has 0 bridgehead atoms. The van der Waals surface area contributed by atoms with Gasteiger partial charge in [-0.2, -0.15) is 0 Å². The van der Waals surface area contributed by atoms with Gasteiger partial charge in [0.25, 0.3) is 0 Å². The Morgan fingerprint density at radius 2 is 1.96 bits per heavy atom. The van der Waals surface area contributed by atoms with Crippen LogP contribution in [0.3, 0.4) is 0 Å². The van der Waals surface area contributed by atoms with Crippen molar-refractivity contribution >= 4 is 45.9 Å². The number of carbonyl (C=O) groups is 1. The number of benzene rings is 2. The number of H-pyrrole nitrogens is 1. The zero-order valence-corrected chi connectivity index (χ0v) is 13.7. The lowest BCUT2D eigenvalue weighted by atomic mass is 10.1. The fourth-order valence-electron chi connectivity index (χ4n) is 2.22. The molecule has 3 aromatic rings. The van der Waals surface area contributed by atoms with Crippen molar-refractivity contribution in [1.82, 2.24) is 9.97 Å². The molecular weight excluding hydrogens is 337 g/mol. The normalized spacial score (nSPS) is 10.7. The molecule has 2 aromatic carbocycles. The summed E-state index contributed by atoms with van der Waals surface area (Å²) in [7, 11) is 1.34. The number of ether oxygens (including phenoxy) is 1. The molecule has 0 unspecified atom stereocenters. The number of nitrogens with zero attached hydrogens (tertiary/aromatic N) is 1. The first-order chi connectivity index (χ1) is 11.1. The van der Waals surface area contributed by atoms with Crippen LogP contribution in [0.25, 0.3) is 22.4 Å². The number of halogens is 2. The average molecular weight is 350 g/mol. The van der Waals surface area contributed by atoms with Gasteiger partial charge in [-0.3, -0.25) is 4.79 Å². The third-order valence-electron chi connectivity index (χ3n) is 3.33. The Hall–Kier alpha value is -2.24. The minimum absolute atomic E-state index is 0.0528. The van der Waals surface area contributed by atoms with Crippen LogP contribution in [-0.2, 0) is 9.53 Å². The van der Waals surface area contributed by atoms with E-state index in [1.807, 2.05) is 6.07 Å². The van der Waals surface area contributed by atoms with Crippen LogP contribution in [0, 0.1) is 0 Å². The monoisotopic (exact) mass is 349 g/mol. The van der Waals surface area contributed by atoms with Gasteiger partial charge < -0.3 is 15.0 Å². The van der Waals surface area contributed by atoms with Crippen LogP contribution in [0.1, 0.15) is 0 Å². The van der Waals surface area contributed by atoms with Gasteiger partial charge in [-0.05, 0) is 36.4 Å². The van der Waals surface area contributed by atoms with Crippen molar-refractivity contribution in [3.63, 3.8) is 0 Å². The van der Waals surface area contributed by atoms with E-state index in [1.54, 1.807) is 30.3 Å². The number of hydrogen-bond acceptors (Lipinski definition) is 4. The lowest BCUT2D eigenvalue weighted by Gasteiger charge is -2.10. The summed E-state index contributed by atoms with van der Waals surface area (Å²) in [6, 6.07) is 10.7. The van der Waals surface area contributed by atoms with E-state index in [-0.39, 0.29) is 12.5 Å². The Morgan fingerprint density at radius 1 is 1.22 bits per heavy atom. The highest BCUT2D eigenvalue weighted by Crippen LogP contribution is 2.31. The van der Waals surface area contributed by atoms with Gasteiger partial charge in [-0.15, -0.1) is 0 Å². The molecule has 0 aliphatic carbocycles.